The zero-order valence-electron chi connectivity index (χ0n) is 11.4. The van der Waals surface area contributed by atoms with Gasteiger partial charge in [0, 0.05) is 16.5 Å². The number of hydrogen-bond acceptors (Lipinski definition) is 3. The van der Waals surface area contributed by atoms with Crippen LogP contribution in [0.2, 0.25) is 0 Å². The average Bonchev–Trinajstić information content (AvgIpc) is 3.00. The predicted molar refractivity (Wildman–Crippen MR) is 83.3 cm³/mol. The maximum absolute atomic E-state index is 12.1. The Labute approximate surface area is 126 Å². The summed E-state index contributed by atoms with van der Waals surface area (Å²) in [6, 6.07) is 10.7. The molecule has 0 bridgehead atoms. The van der Waals surface area contributed by atoms with Gasteiger partial charge in [-0.05, 0) is 42.1 Å². The molecule has 1 aromatic heterocycles. The molecule has 0 fully saturated rings. The summed E-state index contributed by atoms with van der Waals surface area (Å²) in [4.78, 5) is 23.6. The van der Waals surface area contributed by atoms with Gasteiger partial charge in [-0.3, -0.25) is 4.79 Å². The summed E-state index contributed by atoms with van der Waals surface area (Å²) in [5.74, 6) is -1.15. The van der Waals surface area contributed by atoms with Crippen molar-refractivity contribution in [2.24, 2.45) is 0 Å². The third kappa shape index (κ3) is 4.29. The van der Waals surface area contributed by atoms with Gasteiger partial charge in [0.25, 0.3) is 5.91 Å². The fourth-order valence-corrected chi connectivity index (χ4v) is 2.54. The van der Waals surface area contributed by atoms with Crippen LogP contribution in [-0.2, 0) is 4.79 Å². The van der Waals surface area contributed by atoms with Gasteiger partial charge < -0.3 is 10.4 Å². The van der Waals surface area contributed by atoms with E-state index in [1.54, 1.807) is 35.6 Å². The normalized spacial score (nSPS) is 12.2. The lowest BCUT2D eigenvalue weighted by molar-refractivity contribution is -0.131. The molecule has 2 aromatic rings. The first-order valence-electron chi connectivity index (χ1n) is 6.41. The molecule has 0 saturated heterocycles. The van der Waals surface area contributed by atoms with E-state index in [9.17, 15) is 9.59 Å². The Morgan fingerprint density at radius 3 is 2.52 bits per heavy atom. The van der Waals surface area contributed by atoms with Gasteiger partial charge in [0.05, 0.1) is 6.04 Å². The van der Waals surface area contributed by atoms with Crippen molar-refractivity contribution in [1.29, 1.82) is 0 Å². The van der Waals surface area contributed by atoms with Crippen molar-refractivity contribution in [1.82, 2.24) is 5.32 Å². The molecule has 1 aromatic carbocycles. The van der Waals surface area contributed by atoms with Gasteiger partial charge in [0.15, 0.2) is 0 Å². The van der Waals surface area contributed by atoms with Gasteiger partial charge in [0.2, 0.25) is 0 Å². The number of amides is 1. The van der Waals surface area contributed by atoms with E-state index in [1.807, 2.05) is 24.4 Å². The summed E-state index contributed by atoms with van der Waals surface area (Å²) in [6.07, 6.45) is 2.55. The highest BCUT2D eigenvalue weighted by molar-refractivity contribution is 7.10. The highest BCUT2D eigenvalue weighted by Crippen LogP contribution is 2.18. The molecule has 2 N–H and O–H groups in total. The second-order valence-corrected chi connectivity index (χ2v) is 5.48. The van der Waals surface area contributed by atoms with Gasteiger partial charge in [-0.2, -0.15) is 0 Å². The van der Waals surface area contributed by atoms with Crippen LogP contribution in [-0.4, -0.2) is 17.0 Å². The molecule has 0 aliphatic heterocycles. The van der Waals surface area contributed by atoms with E-state index < -0.39 is 5.97 Å². The van der Waals surface area contributed by atoms with Gasteiger partial charge in [-0.15, -0.1) is 11.3 Å². The van der Waals surface area contributed by atoms with Crippen LogP contribution in [0.4, 0.5) is 0 Å². The summed E-state index contributed by atoms with van der Waals surface area (Å²) in [6.45, 7) is 1.94. The monoisotopic (exact) mass is 301 g/mol. The van der Waals surface area contributed by atoms with E-state index in [0.29, 0.717) is 5.56 Å². The summed E-state index contributed by atoms with van der Waals surface area (Å²) in [5, 5.41) is 13.5. The summed E-state index contributed by atoms with van der Waals surface area (Å²) in [5.41, 5.74) is 1.28. The third-order valence-electron chi connectivity index (χ3n) is 2.91. The molecule has 21 heavy (non-hydrogen) atoms. The number of rotatable bonds is 5. The van der Waals surface area contributed by atoms with Crippen molar-refractivity contribution in [2.75, 3.05) is 0 Å². The second kappa shape index (κ2) is 6.85. The van der Waals surface area contributed by atoms with Crippen LogP contribution in [0.15, 0.2) is 47.9 Å². The maximum Gasteiger partial charge on any atom is 0.328 e. The number of carboxylic acids is 1. The zero-order chi connectivity index (χ0) is 15.2. The molecule has 0 aliphatic carbocycles. The van der Waals surface area contributed by atoms with Gasteiger partial charge in [0.1, 0.15) is 0 Å². The third-order valence-corrected chi connectivity index (χ3v) is 3.96. The van der Waals surface area contributed by atoms with Crippen molar-refractivity contribution in [3.05, 3.63) is 63.9 Å². The molecule has 2 rings (SSSR count). The fourth-order valence-electron chi connectivity index (χ4n) is 1.80. The van der Waals surface area contributed by atoms with E-state index in [4.69, 9.17) is 5.11 Å². The summed E-state index contributed by atoms with van der Waals surface area (Å²) < 4.78 is 0. The number of carboxylic acid groups (broad SMARTS) is 1. The van der Waals surface area contributed by atoms with Crippen molar-refractivity contribution in [2.45, 2.75) is 13.0 Å². The first-order chi connectivity index (χ1) is 10.1. The highest BCUT2D eigenvalue weighted by Gasteiger charge is 2.11. The largest absolute Gasteiger partial charge is 0.478 e. The Morgan fingerprint density at radius 1 is 1.24 bits per heavy atom. The molecule has 5 heteroatoms. The molecule has 108 valence electrons. The lowest BCUT2D eigenvalue weighted by Crippen LogP contribution is -2.26. The van der Waals surface area contributed by atoms with Crippen molar-refractivity contribution >= 4 is 29.3 Å². The minimum atomic E-state index is -0.999. The molecule has 0 saturated carbocycles. The van der Waals surface area contributed by atoms with Gasteiger partial charge >= 0.3 is 5.97 Å². The first kappa shape index (κ1) is 15.0. The van der Waals surface area contributed by atoms with Crippen LogP contribution in [0, 0.1) is 0 Å². The van der Waals surface area contributed by atoms with Crippen molar-refractivity contribution < 1.29 is 14.7 Å². The quantitative estimate of drug-likeness (QED) is 0.832. The number of carbonyl (C=O) groups is 2. The topological polar surface area (TPSA) is 66.4 Å². The fraction of sp³-hybridized carbons (Fsp3) is 0.125. The molecule has 0 aliphatic rings. The minimum absolute atomic E-state index is 0.0379. The molecule has 1 unspecified atom stereocenters. The van der Waals surface area contributed by atoms with E-state index in [-0.39, 0.29) is 11.9 Å². The number of aliphatic carboxylic acids is 1. The molecular weight excluding hydrogens is 286 g/mol. The number of hydrogen-bond donors (Lipinski definition) is 2. The standard InChI is InChI=1S/C16H15NO3S/c1-11(14-3-2-10-21-14)17-16(20)13-7-4-12(5-8-13)6-9-15(18)19/h2-11H,1H3,(H,17,20)(H,18,19). The molecule has 1 atom stereocenters. The van der Waals surface area contributed by atoms with Crippen LogP contribution in [0.5, 0.6) is 0 Å². The van der Waals surface area contributed by atoms with Crippen LogP contribution in [0.3, 0.4) is 0 Å². The van der Waals surface area contributed by atoms with Gasteiger partial charge in [-0.25, -0.2) is 4.79 Å². The van der Waals surface area contributed by atoms with E-state index in [1.165, 1.54) is 6.08 Å². The SMILES string of the molecule is CC(NC(=O)c1ccc(C=CC(=O)O)cc1)c1cccs1. The maximum atomic E-state index is 12.1. The highest BCUT2D eigenvalue weighted by atomic mass is 32.1. The minimum Gasteiger partial charge on any atom is -0.478 e. The summed E-state index contributed by atoms with van der Waals surface area (Å²) in [7, 11) is 0. The molecule has 1 amide bonds. The van der Waals surface area contributed by atoms with Gasteiger partial charge in [-0.1, -0.05) is 18.2 Å². The zero-order valence-corrected chi connectivity index (χ0v) is 12.3. The lowest BCUT2D eigenvalue weighted by Gasteiger charge is -2.12. The van der Waals surface area contributed by atoms with Crippen LogP contribution < -0.4 is 5.32 Å². The van der Waals surface area contributed by atoms with E-state index >= 15 is 0 Å². The van der Waals surface area contributed by atoms with E-state index in [0.717, 1.165) is 16.5 Å². The second-order valence-electron chi connectivity index (χ2n) is 4.50. The number of carbonyl (C=O) groups excluding carboxylic acids is 1. The average molecular weight is 301 g/mol. The smallest absolute Gasteiger partial charge is 0.328 e. The lowest BCUT2D eigenvalue weighted by atomic mass is 10.1. The molecular formula is C16H15NO3S. The Balaban J connectivity index is 2.01. The Morgan fingerprint density at radius 2 is 1.95 bits per heavy atom. The van der Waals surface area contributed by atoms with Crippen LogP contribution in [0.25, 0.3) is 6.08 Å². The van der Waals surface area contributed by atoms with Crippen LogP contribution >= 0.6 is 11.3 Å². The number of thiophene rings is 1. The predicted octanol–water partition coefficient (Wildman–Crippen LogP) is 3.34. The Hall–Kier alpha value is -2.40. The molecule has 0 radical (unpaired) electrons. The molecule has 0 spiro atoms. The van der Waals surface area contributed by atoms with Crippen molar-refractivity contribution in [3.63, 3.8) is 0 Å². The van der Waals surface area contributed by atoms with Crippen LogP contribution in [0.1, 0.15) is 33.8 Å². The molecule has 4 nitrogen and oxygen atoms in total. The van der Waals surface area contributed by atoms with Crippen molar-refractivity contribution in [3.8, 4) is 0 Å². The number of benzene rings is 1. The van der Waals surface area contributed by atoms with E-state index in [2.05, 4.69) is 5.32 Å². The first-order valence-corrected chi connectivity index (χ1v) is 7.29. The summed E-state index contributed by atoms with van der Waals surface area (Å²) >= 11 is 1.60. The number of nitrogens with one attached hydrogen (secondary N) is 1. The Bertz CT molecular complexity index is 645. The molecule has 1 heterocycles. The Kier molecular flexibility index (Phi) is 4.90.